The molecule has 19 heavy (non-hydrogen) atoms. The lowest BCUT2D eigenvalue weighted by Crippen LogP contribution is -2.57. The predicted molar refractivity (Wildman–Crippen MR) is 73.1 cm³/mol. The molecule has 1 aromatic carbocycles. The fraction of sp³-hybridized carbons (Fsp3) is 0.500. The molecule has 2 rings (SSSR count). The summed E-state index contributed by atoms with van der Waals surface area (Å²) in [7, 11) is 0. The Kier molecular flexibility index (Phi) is 3.52. The van der Waals surface area contributed by atoms with Gasteiger partial charge in [-0.15, -0.1) is 0 Å². The second kappa shape index (κ2) is 4.83. The van der Waals surface area contributed by atoms with Gasteiger partial charge in [0.1, 0.15) is 11.2 Å². The number of hydrogen-bond acceptors (Lipinski definition) is 4. The van der Waals surface area contributed by atoms with Crippen LogP contribution in [0, 0.1) is 0 Å². The molecule has 1 amide bonds. The topological polar surface area (TPSA) is 70.6 Å². The molecular weight excluding hydrogens is 244 g/mol. The molecule has 1 aliphatic rings. The summed E-state index contributed by atoms with van der Waals surface area (Å²) in [4.78, 5) is 11.8. The van der Waals surface area contributed by atoms with Crippen molar-refractivity contribution in [3.63, 3.8) is 0 Å². The fourth-order valence-corrected chi connectivity index (χ4v) is 1.96. The maximum Gasteiger partial charge on any atom is 0.412 e. The smallest absolute Gasteiger partial charge is 0.412 e. The summed E-state index contributed by atoms with van der Waals surface area (Å²) in [5.41, 5.74) is -0.167. The zero-order valence-electron chi connectivity index (χ0n) is 11.5. The summed E-state index contributed by atoms with van der Waals surface area (Å²) in [6, 6.07) is 7.22. The SMILES string of the molecule is CC(C)(C)OC(=O)Nc1ccccc1C1(O)CNC1. The summed E-state index contributed by atoms with van der Waals surface area (Å²) in [5, 5.41) is 16.1. The van der Waals surface area contributed by atoms with Crippen LogP contribution in [0.25, 0.3) is 0 Å². The Balaban J connectivity index is 2.15. The third-order valence-corrected chi connectivity index (χ3v) is 2.90. The Morgan fingerprint density at radius 1 is 1.37 bits per heavy atom. The standard InChI is InChI=1S/C14H20N2O3/c1-13(2,3)19-12(17)16-11-7-5-4-6-10(11)14(18)8-15-9-14/h4-7,15,18H,8-9H2,1-3H3,(H,16,17). The minimum atomic E-state index is -0.911. The van der Waals surface area contributed by atoms with Gasteiger partial charge < -0.3 is 15.2 Å². The van der Waals surface area contributed by atoms with Crippen LogP contribution in [0.4, 0.5) is 10.5 Å². The maximum absolute atomic E-state index is 11.8. The maximum atomic E-state index is 11.8. The monoisotopic (exact) mass is 264 g/mol. The van der Waals surface area contributed by atoms with Crippen LogP contribution in [-0.4, -0.2) is 29.9 Å². The number of ether oxygens (including phenoxy) is 1. The highest BCUT2D eigenvalue weighted by atomic mass is 16.6. The Morgan fingerprint density at radius 3 is 2.53 bits per heavy atom. The van der Waals surface area contributed by atoms with Crippen molar-refractivity contribution < 1.29 is 14.6 Å². The molecule has 5 nitrogen and oxygen atoms in total. The van der Waals surface area contributed by atoms with Gasteiger partial charge in [-0.3, -0.25) is 5.32 Å². The number of carbonyl (C=O) groups excluding carboxylic acids is 1. The highest BCUT2D eigenvalue weighted by Crippen LogP contribution is 2.31. The Labute approximate surface area is 113 Å². The van der Waals surface area contributed by atoms with E-state index in [1.54, 1.807) is 6.07 Å². The van der Waals surface area contributed by atoms with Gasteiger partial charge in [0.25, 0.3) is 0 Å². The quantitative estimate of drug-likeness (QED) is 0.762. The van der Waals surface area contributed by atoms with Gasteiger partial charge in [-0.25, -0.2) is 4.79 Å². The molecule has 0 bridgehead atoms. The van der Waals surface area contributed by atoms with E-state index in [9.17, 15) is 9.90 Å². The molecule has 0 atom stereocenters. The number of aliphatic hydroxyl groups is 1. The normalized spacial score (nSPS) is 17.5. The van der Waals surface area contributed by atoms with Crippen LogP contribution < -0.4 is 10.6 Å². The van der Waals surface area contributed by atoms with E-state index in [2.05, 4.69) is 10.6 Å². The lowest BCUT2D eigenvalue weighted by molar-refractivity contribution is -0.0140. The molecule has 3 N–H and O–H groups in total. The Hall–Kier alpha value is -1.59. The van der Waals surface area contributed by atoms with E-state index in [1.165, 1.54) is 0 Å². The van der Waals surface area contributed by atoms with Crippen molar-refractivity contribution in [2.24, 2.45) is 0 Å². The van der Waals surface area contributed by atoms with E-state index in [1.807, 2.05) is 39.0 Å². The van der Waals surface area contributed by atoms with Gasteiger partial charge >= 0.3 is 6.09 Å². The molecule has 0 saturated carbocycles. The molecule has 1 heterocycles. The average molecular weight is 264 g/mol. The molecule has 0 spiro atoms. The van der Waals surface area contributed by atoms with E-state index in [0.717, 1.165) is 0 Å². The highest BCUT2D eigenvalue weighted by Gasteiger charge is 2.38. The molecule has 1 aromatic rings. The number of nitrogens with one attached hydrogen (secondary N) is 2. The van der Waals surface area contributed by atoms with E-state index in [0.29, 0.717) is 24.3 Å². The second-order valence-electron chi connectivity index (χ2n) is 5.81. The van der Waals surface area contributed by atoms with E-state index in [4.69, 9.17) is 4.74 Å². The highest BCUT2D eigenvalue weighted by molar-refractivity contribution is 5.86. The van der Waals surface area contributed by atoms with E-state index in [-0.39, 0.29) is 0 Å². The van der Waals surface area contributed by atoms with Gasteiger partial charge in [0, 0.05) is 18.7 Å². The molecule has 1 aliphatic heterocycles. The van der Waals surface area contributed by atoms with Gasteiger partial charge in [-0.2, -0.15) is 0 Å². The van der Waals surface area contributed by atoms with Gasteiger partial charge in [-0.05, 0) is 26.8 Å². The average Bonchev–Trinajstić information content (AvgIpc) is 2.24. The number of hydrogen-bond donors (Lipinski definition) is 3. The number of amides is 1. The van der Waals surface area contributed by atoms with Crippen LogP contribution in [0.1, 0.15) is 26.3 Å². The van der Waals surface area contributed by atoms with Crippen molar-refractivity contribution >= 4 is 11.8 Å². The third kappa shape index (κ3) is 3.24. The zero-order valence-corrected chi connectivity index (χ0v) is 11.5. The van der Waals surface area contributed by atoms with E-state index >= 15 is 0 Å². The predicted octanol–water partition coefficient (Wildman–Crippen LogP) is 1.82. The number of carbonyl (C=O) groups is 1. The lowest BCUT2D eigenvalue weighted by Gasteiger charge is -2.39. The number of anilines is 1. The van der Waals surface area contributed by atoms with Gasteiger partial charge in [-0.1, -0.05) is 18.2 Å². The first-order valence-electron chi connectivity index (χ1n) is 6.33. The number of para-hydroxylation sites is 1. The first-order chi connectivity index (χ1) is 8.80. The zero-order chi connectivity index (χ0) is 14.1. The molecule has 1 saturated heterocycles. The van der Waals surface area contributed by atoms with Crippen LogP contribution >= 0.6 is 0 Å². The molecule has 0 radical (unpaired) electrons. The molecular formula is C14H20N2O3. The van der Waals surface area contributed by atoms with Crippen molar-refractivity contribution in [3.8, 4) is 0 Å². The number of β-amino-alcohol motifs (C(OH)–C–C–N with tert-alkyl or cyclic N) is 1. The van der Waals surface area contributed by atoms with Crippen molar-refractivity contribution in [2.45, 2.75) is 32.0 Å². The van der Waals surface area contributed by atoms with Gasteiger partial charge in [0.15, 0.2) is 0 Å². The lowest BCUT2D eigenvalue weighted by atomic mass is 9.87. The second-order valence-corrected chi connectivity index (χ2v) is 5.81. The van der Waals surface area contributed by atoms with Gasteiger partial charge in [0.2, 0.25) is 0 Å². The fourth-order valence-electron chi connectivity index (χ4n) is 1.96. The number of benzene rings is 1. The summed E-state index contributed by atoms with van der Waals surface area (Å²) >= 11 is 0. The molecule has 5 heteroatoms. The molecule has 1 fully saturated rings. The van der Waals surface area contributed by atoms with Crippen LogP contribution in [0.15, 0.2) is 24.3 Å². The molecule has 0 aromatic heterocycles. The number of rotatable bonds is 2. The first-order valence-corrected chi connectivity index (χ1v) is 6.33. The third-order valence-electron chi connectivity index (χ3n) is 2.90. The summed E-state index contributed by atoms with van der Waals surface area (Å²) in [6.45, 7) is 6.39. The van der Waals surface area contributed by atoms with E-state index < -0.39 is 17.3 Å². The molecule has 104 valence electrons. The van der Waals surface area contributed by atoms with Crippen LogP contribution in [0.2, 0.25) is 0 Å². The van der Waals surface area contributed by atoms with Crippen molar-refractivity contribution in [3.05, 3.63) is 29.8 Å². The Morgan fingerprint density at radius 2 is 2.00 bits per heavy atom. The Bertz CT molecular complexity index is 476. The summed E-state index contributed by atoms with van der Waals surface area (Å²) in [6.07, 6.45) is -0.518. The van der Waals surface area contributed by atoms with Crippen LogP contribution in [0.5, 0.6) is 0 Å². The van der Waals surface area contributed by atoms with Crippen molar-refractivity contribution in [1.29, 1.82) is 0 Å². The molecule has 0 aliphatic carbocycles. The molecule has 0 unspecified atom stereocenters. The van der Waals surface area contributed by atoms with Crippen molar-refractivity contribution in [1.82, 2.24) is 5.32 Å². The summed E-state index contributed by atoms with van der Waals surface area (Å²) < 4.78 is 5.21. The van der Waals surface area contributed by atoms with Crippen molar-refractivity contribution in [2.75, 3.05) is 18.4 Å². The van der Waals surface area contributed by atoms with Gasteiger partial charge in [0.05, 0.1) is 5.69 Å². The minimum Gasteiger partial charge on any atom is -0.444 e. The minimum absolute atomic E-state index is 0.486. The van der Waals surface area contributed by atoms with Crippen LogP contribution in [-0.2, 0) is 10.3 Å². The first kappa shape index (κ1) is 13.8. The van der Waals surface area contributed by atoms with Crippen LogP contribution in [0.3, 0.4) is 0 Å². The summed E-state index contributed by atoms with van der Waals surface area (Å²) in [5.74, 6) is 0. The largest absolute Gasteiger partial charge is 0.444 e.